The molecule has 0 amide bonds. The maximum Gasteiger partial charge on any atom is 0.176 e. The van der Waals surface area contributed by atoms with Crippen LogP contribution in [0.25, 0.3) is 0 Å². The van der Waals surface area contributed by atoms with Gasteiger partial charge >= 0.3 is 0 Å². The molecule has 4 heteroatoms. The number of benzene rings is 1. The van der Waals surface area contributed by atoms with Crippen LogP contribution in [-0.2, 0) is 6.42 Å². The third-order valence-electron chi connectivity index (χ3n) is 2.94. The molecular formula is C13H18N2O2. The largest absolute Gasteiger partial charge is 0.395 e. The predicted molar refractivity (Wildman–Crippen MR) is 67.5 cm³/mol. The fourth-order valence-corrected chi connectivity index (χ4v) is 2.03. The second-order valence-corrected chi connectivity index (χ2v) is 4.23. The molecule has 0 atom stereocenters. The molecule has 1 aliphatic rings. The number of carbonyl (C=O) groups excluding carboxylic acids is 1. The van der Waals surface area contributed by atoms with Crippen molar-refractivity contribution >= 4 is 11.5 Å². The Bertz CT molecular complexity index is 404. The molecule has 0 saturated heterocycles. The van der Waals surface area contributed by atoms with E-state index in [2.05, 4.69) is 10.6 Å². The van der Waals surface area contributed by atoms with E-state index in [1.807, 2.05) is 18.2 Å². The van der Waals surface area contributed by atoms with Crippen molar-refractivity contribution in [2.24, 2.45) is 0 Å². The fraction of sp³-hybridized carbons (Fsp3) is 0.462. The Balaban J connectivity index is 2.03. The average Bonchev–Trinajstić information content (AvgIpc) is 2.38. The second-order valence-electron chi connectivity index (χ2n) is 4.23. The summed E-state index contributed by atoms with van der Waals surface area (Å²) in [6.07, 6.45) is 2.15. The summed E-state index contributed by atoms with van der Waals surface area (Å²) >= 11 is 0. The van der Waals surface area contributed by atoms with E-state index in [1.54, 1.807) is 0 Å². The van der Waals surface area contributed by atoms with Gasteiger partial charge in [0.2, 0.25) is 0 Å². The zero-order valence-electron chi connectivity index (χ0n) is 9.83. The van der Waals surface area contributed by atoms with Crippen molar-refractivity contribution in [3.63, 3.8) is 0 Å². The second kappa shape index (κ2) is 5.80. The van der Waals surface area contributed by atoms with E-state index in [4.69, 9.17) is 5.11 Å². The highest BCUT2D eigenvalue weighted by Crippen LogP contribution is 2.22. The molecule has 2 rings (SSSR count). The molecule has 0 fully saturated rings. The third-order valence-corrected chi connectivity index (χ3v) is 2.94. The van der Waals surface area contributed by atoms with Gasteiger partial charge in [-0.15, -0.1) is 0 Å². The first kappa shape index (κ1) is 12.1. The third kappa shape index (κ3) is 3.05. The molecule has 1 heterocycles. The van der Waals surface area contributed by atoms with E-state index in [9.17, 15) is 4.79 Å². The first-order valence-electron chi connectivity index (χ1n) is 6.03. The van der Waals surface area contributed by atoms with Gasteiger partial charge in [0.05, 0.1) is 13.2 Å². The van der Waals surface area contributed by atoms with Crippen molar-refractivity contribution in [3.8, 4) is 0 Å². The summed E-state index contributed by atoms with van der Waals surface area (Å²) < 4.78 is 0. The number of hydrogen-bond donors (Lipinski definition) is 3. The van der Waals surface area contributed by atoms with Gasteiger partial charge in [0.1, 0.15) is 0 Å². The maximum absolute atomic E-state index is 11.8. The minimum atomic E-state index is 0.0569. The zero-order valence-corrected chi connectivity index (χ0v) is 9.83. The van der Waals surface area contributed by atoms with Crippen LogP contribution in [0.1, 0.15) is 22.3 Å². The summed E-state index contributed by atoms with van der Waals surface area (Å²) in [5, 5.41) is 14.8. The van der Waals surface area contributed by atoms with Crippen LogP contribution in [-0.4, -0.2) is 37.1 Å². The molecule has 0 unspecified atom stereocenters. The molecule has 1 aliphatic heterocycles. The Morgan fingerprint density at radius 2 is 2.35 bits per heavy atom. The molecule has 17 heavy (non-hydrogen) atoms. The number of Topliss-reactive ketones (excluding diaryl/α,β-unsaturated/α-hetero) is 1. The Morgan fingerprint density at radius 3 is 3.18 bits per heavy atom. The molecule has 3 N–H and O–H groups in total. The highest BCUT2D eigenvalue weighted by atomic mass is 16.3. The van der Waals surface area contributed by atoms with Gasteiger partial charge in [-0.05, 0) is 36.6 Å². The van der Waals surface area contributed by atoms with Gasteiger partial charge in [-0.1, -0.05) is 0 Å². The lowest BCUT2D eigenvalue weighted by Gasteiger charge is -2.18. The Labute approximate surface area is 101 Å². The lowest BCUT2D eigenvalue weighted by Crippen LogP contribution is -2.26. The molecule has 1 aromatic rings. The zero-order chi connectivity index (χ0) is 12.1. The standard InChI is InChI=1S/C13H18N2O2/c16-7-6-14-9-13(17)11-3-4-12-10(8-11)2-1-5-15-12/h3-4,8,14-16H,1-2,5-7,9H2. The number of hydrogen-bond acceptors (Lipinski definition) is 4. The van der Waals surface area contributed by atoms with E-state index in [1.165, 1.54) is 5.56 Å². The summed E-state index contributed by atoms with van der Waals surface area (Å²) in [7, 11) is 0. The minimum Gasteiger partial charge on any atom is -0.395 e. The molecular weight excluding hydrogens is 216 g/mol. The maximum atomic E-state index is 11.8. The summed E-state index contributed by atoms with van der Waals surface area (Å²) in [5.74, 6) is 0.0758. The fourth-order valence-electron chi connectivity index (χ4n) is 2.03. The first-order chi connectivity index (χ1) is 8.31. The van der Waals surface area contributed by atoms with Crippen LogP contribution in [0, 0.1) is 0 Å². The molecule has 0 aromatic heterocycles. The van der Waals surface area contributed by atoms with Crippen molar-refractivity contribution in [1.82, 2.24) is 5.32 Å². The normalized spacial score (nSPS) is 13.9. The van der Waals surface area contributed by atoms with Crippen LogP contribution < -0.4 is 10.6 Å². The topological polar surface area (TPSA) is 61.4 Å². The van der Waals surface area contributed by atoms with Gasteiger partial charge in [0.25, 0.3) is 0 Å². The quantitative estimate of drug-likeness (QED) is 0.521. The molecule has 92 valence electrons. The van der Waals surface area contributed by atoms with Crippen LogP contribution in [0.2, 0.25) is 0 Å². The number of aliphatic hydroxyl groups is 1. The van der Waals surface area contributed by atoms with E-state index < -0.39 is 0 Å². The van der Waals surface area contributed by atoms with Crippen molar-refractivity contribution in [1.29, 1.82) is 0 Å². The van der Waals surface area contributed by atoms with Gasteiger partial charge in [-0.3, -0.25) is 4.79 Å². The predicted octanol–water partition coefficient (Wildman–Crippen LogP) is 0.809. The highest BCUT2D eigenvalue weighted by molar-refractivity contribution is 5.98. The van der Waals surface area contributed by atoms with Crippen molar-refractivity contribution in [3.05, 3.63) is 29.3 Å². The lowest BCUT2D eigenvalue weighted by molar-refractivity contribution is 0.0989. The number of aryl methyl sites for hydroxylation is 1. The number of rotatable bonds is 5. The van der Waals surface area contributed by atoms with Crippen LogP contribution >= 0.6 is 0 Å². The van der Waals surface area contributed by atoms with E-state index in [-0.39, 0.29) is 18.9 Å². The van der Waals surface area contributed by atoms with Crippen molar-refractivity contribution < 1.29 is 9.90 Å². The van der Waals surface area contributed by atoms with Gasteiger partial charge in [-0.25, -0.2) is 0 Å². The summed E-state index contributed by atoms with van der Waals surface area (Å²) in [6, 6.07) is 5.82. The van der Waals surface area contributed by atoms with Crippen LogP contribution in [0.15, 0.2) is 18.2 Å². The van der Waals surface area contributed by atoms with E-state index >= 15 is 0 Å². The van der Waals surface area contributed by atoms with Gasteiger partial charge < -0.3 is 15.7 Å². The van der Waals surface area contributed by atoms with Crippen LogP contribution in [0.5, 0.6) is 0 Å². The van der Waals surface area contributed by atoms with Crippen LogP contribution in [0.4, 0.5) is 5.69 Å². The number of carbonyl (C=O) groups is 1. The van der Waals surface area contributed by atoms with Gasteiger partial charge in [0, 0.05) is 24.3 Å². The van der Waals surface area contributed by atoms with Gasteiger partial charge in [-0.2, -0.15) is 0 Å². The Morgan fingerprint density at radius 1 is 1.47 bits per heavy atom. The monoisotopic (exact) mass is 234 g/mol. The minimum absolute atomic E-state index is 0.0569. The van der Waals surface area contributed by atoms with Gasteiger partial charge in [0.15, 0.2) is 5.78 Å². The van der Waals surface area contributed by atoms with Crippen LogP contribution in [0.3, 0.4) is 0 Å². The Hall–Kier alpha value is -1.39. The summed E-state index contributed by atoms with van der Waals surface area (Å²) in [4.78, 5) is 11.8. The highest BCUT2D eigenvalue weighted by Gasteiger charge is 2.11. The number of anilines is 1. The molecule has 4 nitrogen and oxygen atoms in total. The molecule has 1 aromatic carbocycles. The van der Waals surface area contributed by atoms with E-state index in [0.717, 1.165) is 30.6 Å². The summed E-state index contributed by atoms with van der Waals surface area (Å²) in [6.45, 7) is 1.81. The first-order valence-corrected chi connectivity index (χ1v) is 6.03. The number of nitrogens with one attached hydrogen (secondary N) is 2. The molecule has 0 bridgehead atoms. The molecule has 0 aliphatic carbocycles. The van der Waals surface area contributed by atoms with E-state index in [0.29, 0.717) is 6.54 Å². The number of ketones is 1. The Kier molecular flexibility index (Phi) is 4.12. The smallest absolute Gasteiger partial charge is 0.176 e. The molecule has 0 spiro atoms. The molecule has 0 radical (unpaired) electrons. The van der Waals surface area contributed by atoms with Crippen molar-refractivity contribution in [2.75, 3.05) is 31.6 Å². The summed E-state index contributed by atoms with van der Waals surface area (Å²) in [5.41, 5.74) is 3.12. The molecule has 0 saturated carbocycles. The van der Waals surface area contributed by atoms with Crippen molar-refractivity contribution in [2.45, 2.75) is 12.8 Å². The average molecular weight is 234 g/mol. The lowest BCUT2D eigenvalue weighted by atomic mass is 9.99. The SMILES string of the molecule is O=C(CNCCO)c1ccc2c(c1)CCCN2. The number of fused-ring (bicyclic) bond motifs is 1. The number of aliphatic hydroxyl groups excluding tert-OH is 1.